The molecule has 116 valence electrons. The van der Waals surface area contributed by atoms with E-state index in [1.807, 2.05) is 25.1 Å². The number of amides is 2. The molecule has 5 nitrogen and oxygen atoms in total. The minimum Gasteiger partial charge on any atom is -0.325 e. The molecule has 2 N–H and O–H groups in total. The van der Waals surface area contributed by atoms with Crippen LogP contribution in [0.25, 0.3) is 0 Å². The Labute approximate surface area is 133 Å². The van der Waals surface area contributed by atoms with Crippen LogP contribution >= 0.6 is 0 Å². The number of aryl methyl sites for hydroxylation is 1. The number of hydrogen-bond donors (Lipinski definition) is 2. The molecule has 0 saturated heterocycles. The normalized spacial score (nSPS) is 15.7. The first kappa shape index (κ1) is 15.0. The number of anilines is 2. The van der Waals surface area contributed by atoms with Crippen LogP contribution in [0, 0.1) is 6.92 Å². The molecule has 1 aliphatic heterocycles. The monoisotopic (exact) mass is 308 g/mol. The van der Waals surface area contributed by atoms with E-state index in [4.69, 9.17) is 0 Å². The molecule has 1 aliphatic rings. The van der Waals surface area contributed by atoms with Crippen LogP contribution in [-0.4, -0.2) is 17.6 Å². The van der Waals surface area contributed by atoms with Crippen molar-refractivity contribution in [3.63, 3.8) is 0 Å². The van der Waals surface area contributed by atoms with Gasteiger partial charge in [0.2, 0.25) is 11.8 Å². The molecule has 0 radical (unpaired) electrons. The average Bonchev–Trinajstić information content (AvgIpc) is 2.85. The van der Waals surface area contributed by atoms with E-state index in [9.17, 15) is 14.4 Å². The van der Waals surface area contributed by atoms with E-state index in [2.05, 4.69) is 10.6 Å². The zero-order chi connectivity index (χ0) is 16.4. The second-order valence-electron chi connectivity index (χ2n) is 5.52. The highest BCUT2D eigenvalue weighted by Crippen LogP contribution is 2.33. The van der Waals surface area contributed by atoms with Crippen LogP contribution in [0.15, 0.2) is 48.5 Å². The van der Waals surface area contributed by atoms with Crippen molar-refractivity contribution in [1.29, 1.82) is 0 Å². The topological polar surface area (TPSA) is 75.3 Å². The van der Waals surface area contributed by atoms with Gasteiger partial charge in [0.25, 0.3) is 0 Å². The van der Waals surface area contributed by atoms with E-state index in [1.165, 1.54) is 0 Å². The van der Waals surface area contributed by atoms with Gasteiger partial charge in [-0.05, 0) is 30.2 Å². The molecule has 0 saturated carbocycles. The summed E-state index contributed by atoms with van der Waals surface area (Å²) in [4.78, 5) is 36.5. The first-order valence-corrected chi connectivity index (χ1v) is 7.34. The summed E-state index contributed by atoms with van der Waals surface area (Å²) in [6.07, 6.45) is -0.333. The molecule has 0 aromatic heterocycles. The molecule has 3 rings (SSSR count). The predicted molar refractivity (Wildman–Crippen MR) is 87.2 cm³/mol. The molecule has 2 aromatic carbocycles. The molecular formula is C18H16N2O3. The number of rotatable bonds is 4. The number of para-hydroxylation sites is 2. The summed E-state index contributed by atoms with van der Waals surface area (Å²) in [6.45, 7) is 1.87. The first-order chi connectivity index (χ1) is 11.1. The standard InChI is InChI=1S/C18H16N2O3/c1-11-6-2-4-8-13(11)19-16(22)10-15(21)17-12-7-3-5-9-14(12)20-18(17)23/h2-9,17H,10H2,1H3,(H,19,22)(H,20,23)/t17-/m0/s1. The average molecular weight is 308 g/mol. The molecule has 2 aromatic rings. The summed E-state index contributed by atoms with van der Waals surface area (Å²) in [5, 5.41) is 5.38. The van der Waals surface area contributed by atoms with Gasteiger partial charge in [-0.25, -0.2) is 0 Å². The summed E-state index contributed by atoms with van der Waals surface area (Å²) in [5.41, 5.74) is 2.85. The van der Waals surface area contributed by atoms with Gasteiger partial charge in [0.15, 0.2) is 5.78 Å². The Hall–Kier alpha value is -2.95. The van der Waals surface area contributed by atoms with Crippen molar-refractivity contribution < 1.29 is 14.4 Å². The van der Waals surface area contributed by atoms with Gasteiger partial charge in [0, 0.05) is 11.4 Å². The third-order valence-corrected chi connectivity index (χ3v) is 3.87. The lowest BCUT2D eigenvalue weighted by Crippen LogP contribution is -2.25. The van der Waals surface area contributed by atoms with E-state index < -0.39 is 17.6 Å². The summed E-state index contributed by atoms with van der Waals surface area (Å²) in [6, 6.07) is 14.4. The van der Waals surface area contributed by atoms with Crippen LogP contribution < -0.4 is 10.6 Å². The molecule has 2 amide bonds. The number of hydrogen-bond acceptors (Lipinski definition) is 3. The number of ketones is 1. The predicted octanol–water partition coefficient (Wildman–Crippen LogP) is 2.63. The van der Waals surface area contributed by atoms with E-state index in [0.717, 1.165) is 5.56 Å². The van der Waals surface area contributed by atoms with Crippen molar-refractivity contribution in [2.24, 2.45) is 0 Å². The summed E-state index contributed by atoms with van der Waals surface area (Å²) >= 11 is 0. The van der Waals surface area contributed by atoms with Gasteiger partial charge >= 0.3 is 0 Å². The Morgan fingerprint density at radius 3 is 2.57 bits per heavy atom. The smallest absolute Gasteiger partial charge is 0.239 e. The number of carbonyl (C=O) groups excluding carboxylic acids is 3. The van der Waals surface area contributed by atoms with Crippen LogP contribution in [-0.2, 0) is 14.4 Å². The fourth-order valence-electron chi connectivity index (χ4n) is 2.70. The lowest BCUT2D eigenvalue weighted by Gasteiger charge is -2.10. The molecule has 0 aliphatic carbocycles. The van der Waals surface area contributed by atoms with Gasteiger partial charge in [-0.3, -0.25) is 14.4 Å². The highest BCUT2D eigenvalue weighted by molar-refractivity contribution is 6.20. The molecule has 23 heavy (non-hydrogen) atoms. The zero-order valence-corrected chi connectivity index (χ0v) is 12.6. The molecule has 0 spiro atoms. The number of carbonyl (C=O) groups is 3. The van der Waals surface area contributed by atoms with Gasteiger partial charge < -0.3 is 10.6 Å². The highest BCUT2D eigenvalue weighted by Gasteiger charge is 2.36. The second kappa shape index (κ2) is 6.04. The van der Waals surface area contributed by atoms with E-state index >= 15 is 0 Å². The Kier molecular flexibility index (Phi) is 3.93. The molecule has 5 heteroatoms. The maximum absolute atomic E-state index is 12.4. The van der Waals surface area contributed by atoms with Crippen molar-refractivity contribution in [3.8, 4) is 0 Å². The quantitative estimate of drug-likeness (QED) is 0.853. The van der Waals surface area contributed by atoms with Crippen molar-refractivity contribution in [2.75, 3.05) is 10.6 Å². The van der Waals surface area contributed by atoms with Crippen molar-refractivity contribution in [3.05, 3.63) is 59.7 Å². The lowest BCUT2D eigenvalue weighted by molar-refractivity contribution is -0.129. The third-order valence-electron chi connectivity index (χ3n) is 3.87. The van der Waals surface area contributed by atoms with Gasteiger partial charge in [0.1, 0.15) is 5.92 Å². The molecule has 0 unspecified atom stereocenters. The molecule has 1 atom stereocenters. The van der Waals surface area contributed by atoms with Gasteiger partial charge in [-0.2, -0.15) is 0 Å². The first-order valence-electron chi connectivity index (χ1n) is 7.34. The molecule has 0 fully saturated rings. The van der Waals surface area contributed by atoms with Crippen LogP contribution in [0.5, 0.6) is 0 Å². The van der Waals surface area contributed by atoms with E-state index in [0.29, 0.717) is 16.9 Å². The number of nitrogens with one attached hydrogen (secondary N) is 2. The van der Waals surface area contributed by atoms with Crippen LogP contribution in [0.4, 0.5) is 11.4 Å². The molecule has 1 heterocycles. The summed E-state index contributed by atoms with van der Waals surface area (Å²) in [7, 11) is 0. The SMILES string of the molecule is Cc1ccccc1NC(=O)CC(=O)[C@H]1C(=O)Nc2ccccc21. The van der Waals surface area contributed by atoms with E-state index in [-0.39, 0.29) is 12.3 Å². The maximum Gasteiger partial charge on any atom is 0.239 e. The Morgan fingerprint density at radius 1 is 1.09 bits per heavy atom. The minimum absolute atomic E-state index is 0.333. The minimum atomic E-state index is -0.908. The lowest BCUT2D eigenvalue weighted by atomic mass is 9.94. The summed E-state index contributed by atoms with van der Waals surface area (Å²) in [5.74, 6) is -2.10. The Bertz CT molecular complexity index is 798. The van der Waals surface area contributed by atoms with Crippen LogP contribution in [0.3, 0.4) is 0 Å². The van der Waals surface area contributed by atoms with Gasteiger partial charge in [-0.1, -0.05) is 36.4 Å². The Balaban J connectivity index is 1.71. The second-order valence-corrected chi connectivity index (χ2v) is 5.52. The molecular weight excluding hydrogens is 292 g/mol. The highest BCUT2D eigenvalue weighted by atomic mass is 16.2. The van der Waals surface area contributed by atoms with Crippen molar-refractivity contribution in [1.82, 2.24) is 0 Å². The fourth-order valence-corrected chi connectivity index (χ4v) is 2.70. The largest absolute Gasteiger partial charge is 0.325 e. The fraction of sp³-hybridized carbons (Fsp3) is 0.167. The van der Waals surface area contributed by atoms with Crippen LogP contribution in [0.2, 0.25) is 0 Å². The number of fused-ring (bicyclic) bond motifs is 1. The van der Waals surface area contributed by atoms with E-state index in [1.54, 1.807) is 30.3 Å². The van der Waals surface area contributed by atoms with Crippen molar-refractivity contribution in [2.45, 2.75) is 19.3 Å². The number of benzene rings is 2. The zero-order valence-electron chi connectivity index (χ0n) is 12.6. The number of Topliss-reactive ketones (excluding diaryl/α,β-unsaturated/α-hetero) is 1. The Morgan fingerprint density at radius 2 is 1.78 bits per heavy atom. The van der Waals surface area contributed by atoms with Crippen LogP contribution in [0.1, 0.15) is 23.5 Å². The third kappa shape index (κ3) is 2.99. The molecule has 0 bridgehead atoms. The summed E-state index contributed by atoms with van der Waals surface area (Å²) < 4.78 is 0. The maximum atomic E-state index is 12.4. The van der Waals surface area contributed by atoms with Gasteiger partial charge in [0.05, 0.1) is 6.42 Å². The van der Waals surface area contributed by atoms with Crippen molar-refractivity contribution >= 4 is 29.0 Å². The van der Waals surface area contributed by atoms with Gasteiger partial charge in [-0.15, -0.1) is 0 Å².